The van der Waals surface area contributed by atoms with Crippen LogP contribution in [0.2, 0.25) is 0 Å². The van der Waals surface area contributed by atoms with Gasteiger partial charge in [-0.25, -0.2) is 0 Å². The van der Waals surface area contributed by atoms with Gasteiger partial charge in [0.2, 0.25) is 0 Å². The second-order valence-electron chi connectivity index (χ2n) is 8.53. The summed E-state index contributed by atoms with van der Waals surface area (Å²) in [6.07, 6.45) is 4.27. The zero-order chi connectivity index (χ0) is 20.0. The molecule has 0 bridgehead atoms. The van der Waals surface area contributed by atoms with E-state index in [1.807, 2.05) is 6.07 Å². The van der Waals surface area contributed by atoms with E-state index in [1.165, 1.54) is 10.4 Å². The number of likely N-dealkylation sites (tertiary alicyclic amines) is 1. The zero-order valence-corrected chi connectivity index (χ0v) is 17.8. The Balaban J connectivity index is 1.60. The molecule has 2 heterocycles. The summed E-state index contributed by atoms with van der Waals surface area (Å²) >= 11 is 1.70. The third-order valence-corrected chi connectivity index (χ3v) is 6.38. The third kappa shape index (κ3) is 6.18. The number of benzene rings is 1. The summed E-state index contributed by atoms with van der Waals surface area (Å²) in [4.78, 5) is 4.76. The van der Waals surface area contributed by atoms with E-state index in [-0.39, 0.29) is 12.0 Å². The molecule has 150 valence electrons. The molecule has 1 atom stereocenters. The molecule has 0 amide bonds. The fourth-order valence-corrected chi connectivity index (χ4v) is 4.78. The summed E-state index contributed by atoms with van der Waals surface area (Å²) in [6, 6.07) is 14.7. The van der Waals surface area contributed by atoms with Crippen molar-refractivity contribution in [2.24, 2.45) is 5.41 Å². The summed E-state index contributed by atoms with van der Waals surface area (Å²) < 4.78 is 0. The molecule has 1 fully saturated rings. The van der Waals surface area contributed by atoms with Crippen LogP contribution in [0.3, 0.4) is 0 Å². The van der Waals surface area contributed by atoms with E-state index in [4.69, 9.17) is 0 Å². The average molecular weight is 398 g/mol. The predicted octanol–water partition coefficient (Wildman–Crippen LogP) is 4.08. The van der Waals surface area contributed by atoms with E-state index in [0.717, 1.165) is 50.2 Å². The molecule has 28 heavy (non-hydrogen) atoms. The molecular formula is C24H31NO2S. The molecule has 1 saturated heterocycles. The first-order valence-electron chi connectivity index (χ1n) is 10.1. The van der Waals surface area contributed by atoms with E-state index in [1.54, 1.807) is 25.2 Å². The lowest BCUT2D eigenvalue weighted by Gasteiger charge is -2.42. The van der Waals surface area contributed by atoms with E-state index in [2.05, 4.69) is 53.1 Å². The van der Waals surface area contributed by atoms with Gasteiger partial charge in [-0.1, -0.05) is 42.2 Å². The smallest absolute Gasteiger partial charge is 0.120 e. The van der Waals surface area contributed by atoms with Gasteiger partial charge in [0.1, 0.15) is 5.60 Å². The first kappa shape index (κ1) is 21.1. The van der Waals surface area contributed by atoms with Gasteiger partial charge in [0.25, 0.3) is 0 Å². The molecule has 2 aromatic rings. The van der Waals surface area contributed by atoms with Gasteiger partial charge in [-0.2, -0.15) is 0 Å². The van der Waals surface area contributed by atoms with Crippen LogP contribution < -0.4 is 0 Å². The van der Waals surface area contributed by atoms with Gasteiger partial charge in [-0.05, 0) is 63.8 Å². The first-order valence-corrected chi connectivity index (χ1v) is 10.9. The van der Waals surface area contributed by atoms with Crippen molar-refractivity contribution in [2.75, 3.05) is 19.7 Å². The van der Waals surface area contributed by atoms with Crippen molar-refractivity contribution in [1.82, 2.24) is 4.90 Å². The summed E-state index contributed by atoms with van der Waals surface area (Å²) in [5.41, 5.74) is 0.381. The molecule has 1 aromatic carbocycles. The van der Waals surface area contributed by atoms with Gasteiger partial charge in [-0.3, -0.25) is 4.90 Å². The maximum Gasteiger partial charge on any atom is 0.120 e. The molecule has 0 radical (unpaired) electrons. The van der Waals surface area contributed by atoms with Gasteiger partial charge in [-0.15, -0.1) is 11.3 Å². The third-order valence-electron chi connectivity index (χ3n) is 5.40. The average Bonchev–Trinajstić information content (AvgIpc) is 3.13. The maximum absolute atomic E-state index is 10.2. The summed E-state index contributed by atoms with van der Waals surface area (Å²) in [7, 11) is 0. The highest BCUT2D eigenvalue weighted by Crippen LogP contribution is 2.35. The highest BCUT2D eigenvalue weighted by molar-refractivity contribution is 7.12. The van der Waals surface area contributed by atoms with Gasteiger partial charge in [0, 0.05) is 30.0 Å². The number of aryl methyl sites for hydroxylation is 1. The lowest BCUT2D eigenvalue weighted by atomic mass is 9.76. The lowest BCUT2D eigenvalue weighted by Crippen LogP contribution is -2.45. The minimum Gasteiger partial charge on any atom is -0.396 e. The van der Waals surface area contributed by atoms with E-state index in [0.29, 0.717) is 0 Å². The number of hydrogen-bond donors (Lipinski definition) is 2. The Bertz CT molecular complexity index is 812. The van der Waals surface area contributed by atoms with Crippen LogP contribution in [0.15, 0.2) is 42.5 Å². The Hall–Kier alpha value is -1.64. The molecule has 3 rings (SSSR count). The number of aliphatic hydroxyl groups is 2. The van der Waals surface area contributed by atoms with Crippen LogP contribution >= 0.6 is 11.3 Å². The number of nitrogens with zero attached hydrogens (tertiary/aromatic N) is 1. The van der Waals surface area contributed by atoms with Crippen LogP contribution in [-0.4, -0.2) is 40.4 Å². The van der Waals surface area contributed by atoms with Crippen molar-refractivity contribution < 1.29 is 10.2 Å². The Morgan fingerprint density at radius 1 is 1.18 bits per heavy atom. The number of hydrogen-bond acceptors (Lipinski definition) is 4. The number of piperidine rings is 1. The quantitative estimate of drug-likeness (QED) is 0.722. The highest BCUT2D eigenvalue weighted by Gasteiger charge is 2.34. The molecule has 0 spiro atoms. The van der Waals surface area contributed by atoms with Gasteiger partial charge in [0.05, 0.1) is 4.88 Å². The Kier molecular flexibility index (Phi) is 6.95. The van der Waals surface area contributed by atoms with Gasteiger partial charge >= 0.3 is 0 Å². The monoisotopic (exact) mass is 397 g/mol. The van der Waals surface area contributed by atoms with Crippen molar-refractivity contribution in [3.05, 3.63) is 57.8 Å². The van der Waals surface area contributed by atoms with Crippen LogP contribution in [-0.2, 0) is 13.0 Å². The topological polar surface area (TPSA) is 43.7 Å². The van der Waals surface area contributed by atoms with Crippen LogP contribution in [0, 0.1) is 17.3 Å². The predicted molar refractivity (Wildman–Crippen MR) is 116 cm³/mol. The molecule has 0 aliphatic carbocycles. The van der Waals surface area contributed by atoms with E-state index in [9.17, 15) is 10.2 Å². The summed E-state index contributed by atoms with van der Waals surface area (Å²) in [6.45, 7) is 6.58. The number of rotatable bonds is 6. The molecule has 4 heteroatoms. The van der Waals surface area contributed by atoms with Crippen molar-refractivity contribution in [1.29, 1.82) is 0 Å². The molecule has 3 nitrogen and oxygen atoms in total. The Morgan fingerprint density at radius 2 is 1.96 bits per heavy atom. The van der Waals surface area contributed by atoms with Crippen LogP contribution in [0.25, 0.3) is 0 Å². The Morgan fingerprint density at radius 3 is 2.68 bits per heavy atom. The molecule has 2 N–H and O–H groups in total. The van der Waals surface area contributed by atoms with Crippen molar-refractivity contribution in [3.8, 4) is 11.8 Å². The second-order valence-corrected chi connectivity index (χ2v) is 9.70. The SMILES string of the molecule is CC(C)(O)C#Cc1ccc(CN2CCC[C@@](CO)(CCc3ccccc3)C2)s1. The molecule has 0 unspecified atom stereocenters. The fourth-order valence-electron chi connectivity index (χ4n) is 3.88. The molecular weight excluding hydrogens is 366 g/mol. The summed E-state index contributed by atoms with van der Waals surface area (Å²) in [5.74, 6) is 5.95. The molecule has 0 saturated carbocycles. The first-order chi connectivity index (χ1) is 13.4. The largest absolute Gasteiger partial charge is 0.396 e. The van der Waals surface area contributed by atoms with Gasteiger partial charge < -0.3 is 10.2 Å². The minimum absolute atomic E-state index is 0.00506. The van der Waals surface area contributed by atoms with Crippen molar-refractivity contribution >= 4 is 11.3 Å². The van der Waals surface area contributed by atoms with Gasteiger partial charge in [0.15, 0.2) is 0 Å². The molecule has 1 aliphatic rings. The van der Waals surface area contributed by atoms with E-state index >= 15 is 0 Å². The number of aliphatic hydroxyl groups excluding tert-OH is 1. The standard InChI is InChI=1S/C24H31NO2S/c1-23(2,27)14-12-21-9-10-22(28-21)17-25-16-6-13-24(18-25,19-26)15-11-20-7-4-3-5-8-20/h3-5,7-10,26-27H,6,11,13,15-19H2,1-2H3/t24-/m1/s1. The van der Waals surface area contributed by atoms with E-state index < -0.39 is 5.60 Å². The normalized spacial score (nSPS) is 20.6. The van der Waals surface area contributed by atoms with Crippen LogP contribution in [0.4, 0.5) is 0 Å². The van der Waals surface area contributed by atoms with Crippen LogP contribution in [0.1, 0.15) is 48.4 Å². The fraction of sp³-hybridized carbons (Fsp3) is 0.500. The van der Waals surface area contributed by atoms with Crippen LogP contribution in [0.5, 0.6) is 0 Å². The summed E-state index contributed by atoms with van der Waals surface area (Å²) in [5, 5.41) is 20.0. The maximum atomic E-state index is 10.2. The molecule has 1 aliphatic heterocycles. The molecule has 1 aromatic heterocycles. The second kappa shape index (κ2) is 9.24. The van der Waals surface area contributed by atoms with Crippen molar-refractivity contribution in [3.63, 3.8) is 0 Å². The lowest BCUT2D eigenvalue weighted by molar-refractivity contribution is 0.0228. The number of thiophene rings is 1. The minimum atomic E-state index is -0.962. The Labute approximate surface area is 173 Å². The highest BCUT2D eigenvalue weighted by atomic mass is 32.1. The van der Waals surface area contributed by atoms with Crippen molar-refractivity contribution in [2.45, 2.75) is 51.7 Å². The zero-order valence-electron chi connectivity index (χ0n) is 16.9.